The molecule has 1 nitrogen and oxygen atoms in total. The van der Waals surface area contributed by atoms with Crippen LogP contribution in [0.5, 0.6) is 0 Å². The molecule has 3 heteroatoms. The summed E-state index contributed by atoms with van der Waals surface area (Å²) in [7, 11) is 0. The lowest BCUT2D eigenvalue weighted by atomic mass is 10.2. The Morgan fingerprint density at radius 3 is 2.92 bits per heavy atom. The Hall–Kier alpha value is -0.960. The standard InChI is InChI=1S/C9H7FOS/c10-8-2-1-3-9-7(8)4-6(5-12)11-9/h1-4,12H,5H2. The van der Waals surface area contributed by atoms with Gasteiger partial charge in [-0.15, -0.1) is 0 Å². The van der Waals surface area contributed by atoms with Gasteiger partial charge in [-0.05, 0) is 18.2 Å². The van der Waals surface area contributed by atoms with Crippen LogP contribution < -0.4 is 0 Å². The number of fused-ring (bicyclic) bond motifs is 1. The van der Waals surface area contributed by atoms with Crippen LogP contribution in [-0.2, 0) is 5.75 Å². The van der Waals surface area contributed by atoms with Gasteiger partial charge in [0, 0.05) is 5.75 Å². The largest absolute Gasteiger partial charge is 0.460 e. The molecular formula is C9H7FOS. The minimum absolute atomic E-state index is 0.246. The Labute approximate surface area is 74.6 Å². The molecule has 0 N–H and O–H groups in total. The van der Waals surface area contributed by atoms with E-state index in [4.69, 9.17) is 4.42 Å². The SMILES string of the molecule is Fc1cccc2oc(CS)cc12. The molecule has 0 unspecified atom stereocenters. The first-order chi connectivity index (χ1) is 5.81. The molecule has 0 aliphatic rings. The Kier molecular flexibility index (Phi) is 1.81. The van der Waals surface area contributed by atoms with Gasteiger partial charge >= 0.3 is 0 Å². The van der Waals surface area contributed by atoms with Crippen LogP contribution >= 0.6 is 12.6 Å². The van der Waals surface area contributed by atoms with Gasteiger partial charge < -0.3 is 4.42 Å². The highest BCUT2D eigenvalue weighted by Crippen LogP contribution is 2.22. The van der Waals surface area contributed by atoms with Crippen LogP contribution in [0, 0.1) is 5.82 Å². The van der Waals surface area contributed by atoms with E-state index < -0.39 is 0 Å². The second-order valence-corrected chi connectivity index (χ2v) is 2.84. The van der Waals surface area contributed by atoms with E-state index in [1.807, 2.05) is 0 Å². The molecule has 0 bridgehead atoms. The molecule has 0 saturated heterocycles. The molecular weight excluding hydrogens is 175 g/mol. The predicted molar refractivity (Wildman–Crippen MR) is 48.9 cm³/mol. The van der Waals surface area contributed by atoms with Gasteiger partial charge in [0.15, 0.2) is 0 Å². The van der Waals surface area contributed by atoms with Crippen LogP contribution in [0.1, 0.15) is 5.76 Å². The summed E-state index contributed by atoms with van der Waals surface area (Å²) in [6, 6.07) is 6.46. The predicted octanol–water partition coefficient (Wildman–Crippen LogP) is 3.00. The fourth-order valence-electron chi connectivity index (χ4n) is 1.16. The van der Waals surface area contributed by atoms with E-state index in [-0.39, 0.29) is 5.82 Å². The lowest BCUT2D eigenvalue weighted by molar-refractivity contribution is 0.573. The van der Waals surface area contributed by atoms with Crippen molar-refractivity contribution >= 4 is 23.6 Å². The highest BCUT2D eigenvalue weighted by molar-refractivity contribution is 7.79. The molecule has 0 radical (unpaired) electrons. The Morgan fingerprint density at radius 2 is 2.25 bits per heavy atom. The maximum Gasteiger partial charge on any atom is 0.137 e. The van der Waals surface area contributed by atoms with Gasteiger partial charge in [-0.25, -0.2) is 4.39 Å². The average molecular weight is 182 g/mol. The number of thiol groups is 1. The molecule has 12 heavy (non-hydrogen) atoms. The van der Waals surface area contributed by atoms with Crippen molar-refractivity contribution < 1.29 is 8.81 Å². The molecule has 62 valence electrons. The van der Waals surface area contributed by atoms with Gasteiger partial charge in [0.2, 0.25) is 0 Å². The first kappa shape index (κ1) is 7.68. The molecule has 1 heterocycles. The zero-order chi connectivity index (χ0) is 8.55. The van der Waals surface area contributed by atoms with Gasteiger partial charge in [-0.2, -0.15) is 12.6 Å². The maximum atomic E-state index is 13.1. The first-order valence-corrected chi connectivity index (χ1v) is 4.22. The van der Waals surface area contributed by atoms with Crippen molar-refractivity contribution in [2.45, 2.75) is 5.75 Å². The van der Waals surface area contributed by atoms with Crippen LogP contribution in [0.4, 0.5) is 4.39 Å². The summed E-state index contributed by atoms with van der Waals surface area (Å²) in [5.74, 6) is 0.941. The van der Waals surface area contributed by atoms with Crippen molar-refractivity contribution in [2.24, 2.45) is 0 Å². The summed E-state index contributed by atoms with van der Waals surface area (Å²) in [5.41, 5.74) is 0.582. The van der Waals surface area contributed by atoms with E-state index in [0.29, 0.717) is 22.5 Å². The van der Waals surface area contributed by atoms with Crippen LogP contribution in [0.15, 0.2) is 28.7 Å². The van der Waals surface area contributed by atoms with Crippen molar-refractivity contribution in [1.29, 1.82) is 0 Å². The summed E-state index contributed by atoms with van der Waals surface area (Å²) >= 11 is 4.04. The van der Waals surface area contributed by atoms with Crippen LogP contribution in [-0.4, -0.2) is 0 Å². The second-order valence-electron chi connectivity index (χ2n) is 2.52. The Morgan fingerprint density at radius 1 is 1.42 bits per heavy atom. The van der Waals surface area contributed by atoms with Crippen LogP contribution in [0.25, 0.3) is 11.0 Å². The Balaban J connectivity index is 2.74. The van der Waals surface area contributed by atoms with Crippen LogP contribution in [0.3, 0.4) is 0 Å². The highest BCUT2D eigenvalue weighted by Gasteiger charge is 2.05. The topological polar surface area (TPSA) is 13.1 Å². The molecule has 2 aromatic rings. The summed E-state index contributed by atoms with van der Waals surface area (Å²) < 4.78 is 18.3. The highest BCUT2D eigenvalue weighted by atomic mass is 32.1. The maximum absolute atomic E-state index is 13.1. The monoisotopic (exact) mass is 182 g/mol. The van der Waals surface area contributed by atoms with E-state index in [1.54, 1.807) is 18.2 Å². The fourth-order valence-corrected chi connectivity index (χ4v) is 1.31. The number of halogens is 1. The smallest absolute Gasteiger partial charge is 0.137 e. The number of benzene rings is 1. The summed E-state index contributed by atoms with van der Waals surface area (Å²) in [4.78, 5) is 0. The fraction of sp³-hybridized carbons (Fsp3) is 0.111. The van der Waals surface area contributed by atoms with Crippen molar-refractivity contribution in [3.63, 3.8) is 0 Å². The quantitative estimate of drug-likeness (QED) is 0.669. The number of hydrogen-bond donors (Lipinski definition) is 1. The third-order valence-corrected chi connectivity index (χ3v) is 2.03. The minimum Gasteiger partial charge on any atom is -0.460 e. The van der Waals surface area contributed by atoms with Gasteiger partial charge in [-0.1, -0.05) is 6.07 Å². The molecule has 0 aliphatic heterocycles. The van der Waals surface area contributed by atoms with E-state index >= 15 is 0 Å². The normalized spacial score (nSPS) is 10.8. The number of rotatable bonds is 1. The van der Waals surface area contributed by atoms with Crippen molar-refractivity contribution in [3.8, 4) is 0 Å². The van der Waals surface area contributed by atoms with E-state index in [0.717, 1.165) is 0 Å². The number of furan rings is 1. The summed E-state index contributed by atoms with van der Waals surface area (Å²) in [6.45, 7) is 0. The van der Waals surface area contributed by atoms with Gasteiger partial charge in [0.05, 0.1) is 5.39 Å². The molecule has 0 atom stereocenters. The first-order valence-electron chi connectivity index (χ1n) is 3.59. The van der Waals surface area contributed by atoms with Gasteiger partial charge in [-0.3, -0.25) is 0 Å². The van der Waals surface area contributed by atoms with Crippen molar-refractivity contribution in [1.82, 2.24) is 0 Å². The van der Waals surface area contributed by atoms with E-state index in [1.165, 1.54) is 6.07 Å². The van der Waals surface area contributed by atoms with Crippen LogP contribution in [0.2, 0.25) is 0 Å². The third kappa shape index (κ3) is 1.10. The lowest BCUT2D eigenvalue weighted by Gasteiger charge is -1.87. The molecule has 0 fully saturated rings. The molecule has 0 saturated carbocycles. The van der Waals surface area contributed by atoms with Crippen molar-refractivity contribution in [3.05, 3.63) is 35.8 Å². The zero-order valence-electron chi connectivity index (χ0n) is 6.25. The number of hydrogen-bond acceptors (Lipinski definition) is 2. The van der Waals surface area contributed by atoms with E-state index in [9.17, 15) is 4.39 Å². The summed E-state index contributed by atoms with van der Waals surface area (Å²) in [5, 5.41) is 0.529. The minimum atomic E-state index is -0.246. The average Bonchev–Trinajstić information content (AvgIpc) is 2.49. The molecule has 2 rings (SSSR count). The summed E-state index contributed by atoms with van der Waals surface area (Å²) in [6.07, 6.45) is 0. The van der Waals surface area contributed by atoms with Gasteiger partial charge in [0.1, 0.15) is 17.2 Å². The molecule has 0 aliphatic carbocycles. The third-order valence-electron chi connectivity index (χ3n) is 1.72. The van der Waals surface area contributed by atoms with Gasteiger partial charge in [0.25, 0.3) is 0 Å². The second kappa shape index (κ2) is 2.83. The molecule has 0 amide bonds. The Bertz CT molecular complexity index is 408. The molecule has 0 spiro atoms. The van der Waals surface area contributed by atoms with E-state index in [2.05, 4.69) is 12.6 Å². The van der Waals surface area contributed by atoms with Crippen molar-refractivity contribution in [2.75, 3.05) is 0 Å². The zero-order valence-corrected chi connectivity index (χ0v) is 7.14. The lowest BCUT2D eigenvalue weighted by Crippen LogP contribution is -1.71. The molecule has 1 aromatic carbocycles. The molecule has 1 aromatic heterocycles.